The Bertz CT molecular complexity index is 1370. The quantitative estimate of drug-likeness (QED) is 0.448. The highest BCUT2D eigenvalue weighted by molar-refractivity contribution is 7.90. The summed E-state index contributed by atoms with van der Waals surface area (Å²) in [4.78, 5) is 16.8. The summed E-state index contributed by atoms with van der Waals surface area (Å²) >= 11 is 6.51. The van der Waals surface area contributed by atoms with Gasteiger partial charge in [-0.3, -0.25) is 4.79 Å². The normalized spacial score (nSPS) is 11.3. The first-order valence-corrected chi connectivity index (χ1v) is 11.7. The lowest BCUT2D eigenvalue weighted by Crippen LogP contribution is -2.30. The van der Waals surface area contributed by atoms with Crippen molar-refractivity contribution < 1.29 is 13.2 Å². The zero-order valence-corrected chi connectivity index (χ0v) is 18.8. The monoisotopic (exact) mass is 465 g/mol. The molecule has 0 unspecified atom stereocenters. The summed E-state index contributed by atoms with van der Waals surface area (Å²) in [5.74, 6) is -0.225. The van der Waals surface area contributed by atoms with Gasteiger partial charge in [0.15, 0.2) is 0 Å². The number of aryl methyl sites for hydroxylation is 1. The van der Waals surface area contributed by atoms with Crippen LogP contribution in [0.2, 0.25) is 5.02 Å². The van der Waals surface area contributed by atoms with E-state index in [0.717, 1.165) is 16.7 Å². The molecule has 0 spiro atoms. The molecule has 0 radical (unpaired) electrons. The molecule has 8 heteroatoms. The number of amides is 1. The second kappa shape index (κ2) is 8.98. The molecule has 1 heterocycles. The second-order valence-corrected chi connectivity index (χ2v) is 9.31. The minimum Gasteiger partial charge on any atom is -0.330 e. The van der Waals surface area contributed by atoms with Crippen LogP contribution in [-0.2, 0) is 16.6 Å². The molecule has 0 aliphatic carbocycles. The molecule has 0 fully saturated rings. The van der Waals surface area contributed by atoms with Crippen molar-refractivity contribution in [3.8, 4) is 11.1 Å². The summed E-state index contributed by atoms with van der Waals surface area (Å²) in [7, 11) is -3.98. The van der Waals surface area contributed by atoms with E-state index in [9.17, 15) is 13.2 Å². The van der Waals surface area contributed by atoms with Crippen LogP contribution in [0.5, 0.6) is 0 Å². The molecule has 0 aliphatic heterocycles. The fourth-order valence-corrected chi connectivity index (χ4v) is 4.50. The van der Waals surface area contributed by atoms with Gasteiger partial charge in [-0.05, 0) is 41.8 Å². The summed E-state index contributed by atoms with van der Waals surface area (Å²) < 4.78 is 28.6. The summed E-state index contributed by atoms with van der Waals surface area (Å²) in [6.45, 7) is 2.14. The lowest BCUT2D eigenvalue weighted by Gasteiger charge is -2.09. The van der Waals surface area contributed by atoms with Crippen LogP contribution in [0.1, 0.15) is 21.9 Å². The summed E-state index contributed by atoms with van der Waals surface area (Å²) in [5.41, 5.74) is 2.95. The Morgan fingerprint density at radius 2 is 1.62 bits per heavy atom. The van der Waals surface area contributed by atoms with Crippen molar-refractivity contribution in [3.63, 3.8) is 0 Å². The average molecular weight is 466 g/mol. The van der Waals surface area contributed by atoms with Crippen molar-refractivity contribution in [2.24, 2.45) is 0 Å². The van der Waals surface area contributed by atoms with Crippen LogP contribution < -0.4 is 4.72 Å². The molecule has 1 aromatic heterocycles. The topological polar surface area (TPSA) is 81.1 Å². The van der Waals surface area contributed by atoms with Gasteiger partial charge < -0.3 is 4.57 Å². The number of carbonyl (C=O) groups excluding carboxylic acids is 1. The molecule has 0 saturated heterocycles. The lowest BCUT2D eigenvalue weighted by atomic mass is 10.0. The van der Waals surface area contributed by atoms with Gasteiger partial charge in [-0.15, -0.1) is 0 Å². The molecule has 32 heavy (non-hydrogen) atoms. The van der Waals surface area contributed by atoms with Gasteiger partial charge in [-0.2, -0.15) is 0 Å². The minimum absolute atomic E-state index is 0.00907. The SMILES string of the molecule is Cc1nc(C(=O)NS(=O)(=O)c2ccccc2)cn1Cc1ccc(-c2ccccc2)cc1Cl. The third-order valence-corrected chi connectivity index (χ3v) is 6.69. The van der Waals surface area contributed by atoms with Gasteiger partial charge in [0.25, 0.3) is 15.9 Å². The van der Waals surface area contributed by atoms with Crippen molar-refractivity contribution in [1.82, 2.24) is 14.3 Å². The molecule has 4 aromatic rings. The predicted molar refractivity (Wildman–Crippen MR) is 124 cm³/mol. The zero-order valence-electron chi connectivity index (χ0n) is 17.2. The Hall–Kier alpha value is -3.42. The molecule has 3 aromatic carbocycles. The smallest absolute Gasteiger partial charge is 0.285 e. The maximum Gasteiger partial charge on any atom is 0.285 e. The number of hydrogen-bond donors (Lipinski definition) is 1. The van der Waals surface area contributed by atoms with Gasteiger partial charge in [0, 0.05) is 11.2 Å². The molecular formula is C24H20ClN3O3S. The maximum absolute atomic E-state index is 12.5. The number of aromatic nitrogens is 2. The third-order valence-electron chi connectivity index (χ3n) is 4.99. The summed E-state index contributed by atoms with van der Waals surface area (Å²) in [5, 5.41) is 0.595. The highest BCUT2D eigenvalue weighted by atomic mass is 35.5. The first kappa shape index (κ1) is 21.8. The lowest BCUT2D eigenvalue weighted by molar-refractivity contribution is 0.0977. The van der Waals surface area contributed by atoms with E-state index in [0.29, 0.717) is 17.4 Å². The fraction of sp³-hybridized carbons (Fsp3) is 0.0833. The molecule has 162 valence electrons. The van der Waals surface area contributed by atoms with Crippen LogP contribution in [0.25, 0.3) is 11.1 Å². The van der Waals surface area contributed by atoms with E-state index in [-0.39, 0.29) is 10.6 Å². The van der Waals surface area contributed by atoms with E-state index in [4.69, 9.17) is 11.6 Å². The molecule has 4 rings (SSSR count). The molecule has 0 saturated carbocycles. The first-order valence-electron chi connectivity index (χ1n) is 9.83. The first-order chi connectivity index (χ1) is 15.3. The van der Waals surface area contributed by atoms with E-state index in [1.54, 1.807) is 29.7 Å². The molecule has 0 aliphatic rings. The standard InChI is InChI=1S/C24H20ClN3O3S/c1-17-26-23(24(29)27-32(30,31)21-10-6-3-7-11-21)16-28(17)15-20-13-12-19(14-22(20)25)18-8-4-2-5-9-18/h2-14,16H,15H2,1H3,(H,27,29). The van der Waals surface area contributed by atoms with Crippen LogP contribution in [0.15, 0.2) is 90.0 Å². The number of imidazole rings is 1. The number of nitrogens with one attached hydrogen (secondary N) is 1. The van der Waals surface area contributed by atoms with Gasteiger partial charge in [-0.1, -0.05) is 72.3 Å². The number of carbonyl (C=O) groups is 1. The van der Waals surface area contributed by atoms with Crippen molar-refractivity contribution in [1.29, 1.82) is 0 Å². The van der Waals surface area contributed by atoms with Gasteiger partial charge in [0.1, 0.15) is 11.5 Å². The van der Waals surface area contributed by atoms with Crippen LogP contribution in [-0.4, -0.2) is 23.9 Å². The molecule has 0 bridgehead atoms. The van der Waals surface area contributed by atoms with E-state index < -0.39 is 15.9 Å². The summed E-state index contributed by atoms with van der Waals surface area (Å²) in [6.07, 6.45) is 1.52. The average Bonchev–Trinajstić information content (AvgIpc) is 3.16. The van der Waals surface area contributed by atoms with Crippen molar-refractivity contribution in [2.75, 3.05) is 0 Å². The number of rotatable bonds is 6. The Labute approximate surface area is 191 Å². The van der Waals surface area contributed by atoms with Gasteiger partial charge in [0.05, 0.1) is 11.4 Å². The molecule has 1 N–H and O–H groups in total. The van der Waals surface area contributed by atoms with Crippen molar-refractivity contribution in [2.45, 2.75) is 18.4 Å². The second-order valence-electron chi connectivity index (χ2n) is 7.22. The van der Waals surface area contributed by atoms with Gasteiger partial charge in [-0.25, -0.2) is 18.1 Å². The Morgan fingerprint density at radius 3 is 2.28 bits per heavy atom. The molecule has 1 amide bonds. The van der Waals surface area contributed by atoms with Crippen LogP contribution >= 0.6 is 11.6 Å². The number of sulfonamides is 1. The Balaban J connectivity index is 1.52. The van der Waals surface area contributed by atoms with Crippen LogP contribution in [0.4, 0.5) is 0 Å². The van der Waals surface area contributed by atoms with Gasteiger partial charge in [0.2, 0.25) is 0 Å². The van der Waals surface area contributed by atoms with E-state index in [1.807, 2.05) is 48.5 Å². The highest BCUT2D eigenvalue weighted by Crippen LogP contribution is 2.26. The van der Waals surface area contributed by atoms with Crippen LogP contribution in [0.3, 0.4) is 0 Å². The maximum atomic E-state index is 12.5. The third kappa shape index (κ3) is 4.74. The molecular weight excluding hydrogens is 446 g/mol. The fourth-order valence-electron chi connectivity index (χ4n) is 3.28. The van der Waals surface area contributed by atoms with E-state index in [2.05, 4.69) is 9.71 Å². The van der Waals surface area contributed by atoms with E-state index in [1.165, 1.54) is 18.3 Å². The van der Waals surface area contributed by atoms with Crippen molar-refractivity contribution in [3.05, 3.63) is 107 Å². The largest absolute Gasteiger partial charge is 0.330 e. The molecule has 6 nitrogen and oxygen atoms in total. The number of hydrogen-bond acceptors (Lipinski definition) is 4. The van der Waals surface area contributed by atoms with Crippen LogP contribution in [0, 0.1) is 6.92 Å². The van der Waals surface area contributed by atoms with Crippen molar-refractivity contribution >= 4 is 27.5 Å². The Morgan fingerprint density at radius 1 is 0.969 bits per heavy atom. The Kier molecular flexibility index (Phi) is 6.12. The van der Waals surface area contributed by atoms with E-state index >= 15 is 0 Å². The summed E-state index contributed by atoms with van der Waals surface area (Å²) in [6, 6.07) is 23.5. The molecule has 0 atom stereocenters. The zero-order chi connectivity index (χ0) is 22.7. The number of nitrogens with zero attached hydrogens (tertiary/aromatic N) is 2. The number of halogens is 1. The number of benzene rings is 3. The minimum atomic E-state index is -3.98. The predicted octanol–water partition coefficient (Wildman–Crippen LogP) is 4.68. The highest BCUT2D eigenvalue weighted by Gasteiger charge is 2.21. The van der Waals surface area contributed by atoms with Gasteiger partial charge >= 0.3 is 0 Å².